The van der Waals surface area contributed by atoms with E-state index in [1.165, 1.54) is 4.90 Å². The minimum atomic E-state index is -1.56. The van der Waals surface area contributed by atoms with Gasteiger partial charge in [0.1, 0.15) is 17.7 Å². The summed E-state index contributed by atoms with van der Waals surface area (Å²) in [6.07, 6.45) is -2.21. The van der Waals surface area contributed by atoms with E-state index in [1.807, 2.05) is 0 Å². The molecular weight excluding hydrogens is 610 g/mol. The van der Waals surface area contributed by atoms with Gasteiger partial charge in [-0.25, -0.2) is 8.78 Å². The molecule has 256 valence electrons. The van der Waals surface area contributed by atoms with Gasteiger partial charge in [0.15, 0.2) is 0 Å². The lowest BCUT2D eigenvalue weighted by Gasteiger charge is -2.33. The Kier molecular flexibility index (Phi) is 14.5. The Morgan fingerprint density at radius 2 is 1.43 bits per heavy atom. The van der Waals surface area contributed by atoms with Gasteiger partial charge in [0, 0.05) is 39.0 Å². The molecule has 46 heavy (non-hydrogen) atoms. The molecule has 0 spiro atoms. The maximum Gasteiger partial charge on any atom is 0.306 e. The average Bonchev–Trinajstić information content (AvgIpc) is 2.94. The number of halogens is 2. The Bertz CT molecular complexity index is 1230. The molecule has 2 rings (SSSR count). The van der Waals surface area contributed by atoms with E-state index >= 15 is 0 Å². The van der Waals surface area contributed by atoms with Gasteiger partial charge in [-0.1, -0.05) is 13.8 Å². The van der Waals surface area contributed by atoms with Crippen LogP contribution in [0, 0.1) is 29.4 Å². The van der Waals surface area contributed by atoms with Gasteiger partial charge in [0.2, 0.25) is 23.6 Å². The van der Waals surface area contributed by atoms with Gasteiger partial charge >= 0.3 is 11.9 Å². The van der Waals surface area contributed by atoms with E-state index in [9.17, 15) is 52.9 Å². The van der Waals surface area contributed by atoms with Gasteiger partial charge < -0.3 is 36.2 Å². The number of aliphatic hydroxyl groups excluding tert-OH is 1. The van der Waals surface area contributed by atoms with Crippen molar-refractivity contribution in [1.82, 2.24) is 20.9 Å². The number of aliphatic hydroxyl groups is 1. The summed E-state index contributed by atoms with van der Waals surface area (Å²) < 4.78 is 27.7. The molecule has 15 heteroatoms. The Balaban J connectivity index is 2.11. The van der Waals surface area contributed by atoms with Gasteiger partial charge in [0.25, 0.3) is 0 Å². The number of aliphatic carboxylic acids is 2. The average molecular weight is 655 g/mol. The van der Waals surface area contributed by atoms with Crippen LogP contribution < -0.4 is 16.0 Å². The quantitative estimate of drug-likeness (QED) is 0.152. The van der Waals surface area contributed by atoms with Crippen LogP contribution in [0.15, 0.2) is 18.2 Å². The summed E-state index contributed by atoms with van der Waals surface area (Å²) in [6.45, 7) is 3.29. The van der Waals surface area contributed by atoms with E-state index in [0.29, 0.717) is 6.07 Å². The Labute approximate surface area is 266 Å². The molecule has 0 aromatic heterocycles. The number of hydrogen-bond acceptors (Lipinski definition) is 7. The SMILES string of the molecule is CC(C)[C@H](NC(=O)C[C@@H](O)[C@H](Cc1cc(F)cc(F)c1)NC(=O)CCCC(=O)N(C)C)C(=O)NC1CC(C(=O)O)CC(C(=O)O)C1. The predicted octanol–water partition coefficient (Wildman–Crippen LogP) is 1.21. The van der Waals surface area contributed by atoms with Gasteiger partial charge in [0.05, 0.1) is 30.4 Å². The maximum atomic E-state index is 13.9. The highest BCUT2D eigenvalue weighted by molar-refractivity contribution is 5.88. The molecule has 2 unspecified atom stereocenters. The van der Waals surface area contributed by atoms with Crippen molar-refractivity contribution in [3.8, 4) is 0 Å². The van der Waals surface area contributed by atoms with E-state index in [-0.39, 0.29) is 56.4 Å². The van der Waals surface area contributed by atoms with Crippen LogP contribution in [0.4, 0.5) is 8.78 Å². The Hall–Kier alpha value is -4.14. The summed E-state index contributed by atoms with van der Waals surface area (Å²) in [5.74, 6) is -8.66. The predicted molar refractivity (Wildman–Crippen MR) is 160 cm³/mol. The number of rotatable bonds is 16. The second-order valence-corrected chi connectivity index (χ2v) is 12.3. The fourth-order valence-corrected chi connectivity index (χ4v) is 5.40. The molecular formula is C31H44F2N4O9. The van der Waals surface area contributed by atoms with Crippen LogP contribution in [0.1, 0.15) is 64.4 Å². The first-order valence-electron chi connectivity index (χ1n) is 15.1. The molecule has 4 amide bonds. The van der Waals surface area contributed by atoms with E-state index in [2.05, 4.69) is 16.0 Å². The number of carbonyl (C=O) groups is 6. The summed E-state index contributed by atoms with van der Waals surface area (Å²) in [5.41, 5.74) is 0.108. The number of carbonyl (C=O) groups excluding carboxylic acids is 4. The number of nitrogens with one attached hydrogen (secondary N) is 3. The van der Waals surface area contributed by atoms with Crippen molar-refractivity contribution in [3.05, 3.63) is 35.4 Å². The standard InChI is InChI=1S/C31H44F2N4O9/c1-16(2)28(29(42)34-22-12-18(30(43)44)11-19(13-22)31(45)46)36-26(40)15-24(38)23(10-17-8-20(32)14-21(33)9-17)35-25(39)6-5-7-27(41)37(3)4/h8-9,14,16,18-19,22-24,28,38H,5-7,10-13,15H2,1-4H3,(H,34,42)(H,35,39)(H,36,40)(H,43,44)(H,45,46)/t18?,19?,22?,23-,24+,28-/m0/s1. The minimum Gasteiger partial charge on any atom is -0.481 e. The Morgan fingerprint density at radius 1 is 0.870 bits per heavy atom. The van der Waals surface area contributed by atoms with Gasteiger partial charge in [-0.3, -0.25) is 28.8 Å². The number of benzene rings is 1. The summed E-state index contributed by atoms with van der Waals surface area (Å²) in [4.78, 5) is 75.2. The lowest BCUT2D eigenvalue weighted by atomic mass is 9.78. The van der Waals surface area contributed by atoms with Crippen LogP contribution in [0.2, 0.25) is 0 Å². The third kappa shape index (κ3) is 12.3. The second-order valence-electron chi connectivity index (χ2n) is 12.3. The molecule has 0 saturated heterocycles. The molecule has 0 radical (unpaired) electrons. The fourth-order valence-electron chi connectivity index (χ4n) is 5.40. The Morgan fingerprint density at radius 3 is 1.93 bits per heavy atom. The molecule has 1 fully saturated rings. The maximum absolute atomic E-state index is 13.9. The van der Waals surface area contributed by atoms with E-state index in [0.717, 1.165) is 12.1 Å². The van der Waals surface area contributed by atoms with Gasteiger partial charge in [-0.05, 0) is 55.7 Å². The first-order chi connectivity index (χ1) is 21.5. The topological polar surface area (TPSA) is 202 Å². The fraction of sp³-hybridized carbons (Fsp3) is 0.613. The van der Waals surface area contributed by atoms with Crippen LogP contribution >= 0.6 is 0 Å². The summed E-state index contributed by atoms with van der Waals surface area (Å²) >= 11 is 0. The molecule has 6 N–H and O–H groups in total. The van der Waals surface area contributed by atoms with Crippen molar-refractivity contribution in [3.63, 3.8) is 0 Å². The monoisotopic (exact) mass is 654 g/mol. The van der Waals surface area contributed by atoms with Gasteiger partial charge in [-0.15, -0.1) is 0 Å². The van der Waals surface area contributed by atoms with Crippen molar-refractivity contribution in [2.75, 3.05) is 14.1 Å². The number of carboxylic acid groups (broad SMARTS) is 2. The lowest BCUT2D eigenvalue weighted by Crippen LogP contribution is -2.55. The van der Waals surface area contributed by atoms with E-state index in [4.69, 9.17) is 0 Å². The second kappa shape index (κ2) is 17.5. The number of carboxylic acids is 2. The zero-order valence-electron chi connectivity index (χ0n) is 26.4. The molecule has 0 aliphatic heterocycles. The van der Waals surface area contributed by atoms with Crippen LogP contribution in [-0.4, -0.2) is 94.1 Å². The van der Waals surface area contributed by atoms with Crippen molar-refractivity contribution < 1.29 is 52.9 Å². The highest BCUT2D eigenvalue weighted by atomic mass is 19.1. The first kappa shape index (κ1) is 38.0. The van der Waals surface area contributed by atoms with Crippen LogP contribution in [0.3, 0.4) is 0 Å². The highest BCUT2D eigenvalue weighted by Crippen LogP contribution is 2.30. The third-order valence-corrected chi connectivity index (χ3v) is 7.89. The number of nitrogens with zero attached hydrogens (tertiary/aromatic N) is 1. The summed E-state index contributed by atoms with van der Waals surface area (Å²) in [7, 11) is 3.15. The minimum absolute atomic E-state index is 0.0215. The van der Waals surface area contributed by atoms with Gasteiger partial charge in [-0.2, -0.15) is 0 Å². The first-order valence-corrected chi connectivity index (χ1v) is 15.1. The van der Waals surface area contributed by atoms with Crippen molar-refractivity contribution >= 4 is 35.6 Å². The van der Waals surface area contributed by atoms with Crippen LogP contribution in [0.5, 0.6) is 0 Å². The smallest absolute Gasteiger partial charge is 0.306 e. The zero-order valence-corrected chi connectivity index (χ0v) is 26.4. The molecule has 1 aromatic rings. The zero-order chi connectivity index (χ0) is 34.7. The molecule has 0 heterocycles. The molecule has 1 aromatic carbocycles. The largest absolute Gasteiger partial charge is 0.481 e. The summed E-state index contributed by atoms with van der Waals surface area (Å²) in [6, 6.07) is -0.341. The normalized spacial score (nSPS) is 19.8. The van der Waals surface area contributed by atoms with Crippen LogP contribution in [0.25, 0.3) is 0 Å². The molecule has 5 atom stereocenters. The molecule has 1 aliphatic carbocycles. The number of amides is 4. The molecule has 0 bridgehead atoms. The number of hydrogen-bond donors (Lipinski definition) is 6. The highest BCUT2D eigenvalue weighted by Gasteiger charge is 2.38. The van der Waals surface area contributed by atoms with Crippen LogP contribution in [-0.2, 0) is 35.2 Å². The molecule has 13 nitrogen and oxygen atoms in total. The van der Waals surface area contributed by atoms with E-state index in [1.54, 1.807) is 27.9 Å². The third-order valence-electron chi connectivity index (χ3n) is 7.89. The lowest BCUT2D eigenvalue weighted by molar-refractivity contribution is -0.149. The van der Waals surface area contributed by atoms with Crippen molar-refractivity contribution in [1.29, 1.82) is 0 Å². The van der Waals surface area contributed by atoms with Crippen molar-refractivity contribution in [2.24, 2.45) is 17.8 Å². The molecule has 1 saturated carbocycles. The molecule has 1 aliphatic rings. The summed E-state index contributed by atoms with van der Waals surface area (Å²) in [5, 5.41) is 37.6. The van der Waals surface area contributed by atoms with E-state index < -0.39 is 89.7 Å². The van der Waals surface area contributed by atoms with Crippen molar-refractivity contribution in [2.45, 2.75) is 89.4 Å².